The summed E-state index contributed by atoms with van der Waals surface area (Å²) >= 11 is 1.50. The summed E-state index contributed by atoms with van der Waals surface area (Å²) in [5.74, 6) is -0.769. The smallest absolute Gasteiger partial charge is 0.326 e. The number of hydrogen-bond acceptors (Lipinski definition) is 4. The molecule has 8 heteroatoms. The first-order valence-corrected chi connectivity index (χ1v) is 6.93. The van der Waals surface area contributed by atoms with Gasteiger partial charge in [0.1, 0.15) is 6.04 Å². The van der Waals surface area contributed by atoms with Crippen molar-refractivity contribution in [1.29, 1.82) is 0 Å². The predicted molar refractivity (Wildman–Crippen MR) is 69.6 cm³/mol. The number of carboxylic acid groups (broad SMARTS) is 1. The van der Waals surface area contributed by atoms with E-state index in [9.17, 15) is 14.4 Å². The van der Waals surface area contributed by atoms with E-state index in [-0.39, 0.29) is 12.5 Å². The number of amides is 3. The lowest BCUT2D eigenvalue weighted by atomic mass is 10.2. The Morgan fingerprint density at radius 2 is 1.94 bits per heavy atom. The maximum atomic E-state index is 11.4. The van der Waals surface area contributed by atoms with E-state index in [0.717, 1.165) is 0 Å². The van der Waals surface area contributed by atoms with Crippen molar-refractivity contribution < 1.29 is 19.5 Å². The first kappa shape index (κ1) is 16.6. The van der Waals surface area contributed by atoms with E-state index in [0.29, 0.717) is 18.7 Å². The topological polar surface area (TPSA) is 108 Å². The lowest BCUT2D eigenvalue weighted by Crippen LogP contribution is -2.48. The fraction of sp³-hybridized carbons (Fsp3) is 0.700. The second-order valence-electron chi connectivity index (χ2n) is 3.45. The van der Waals surface area contributed by atoms with Crippen LogP contribution in [-0.2, 0) is 9.59 Å². The summed E-state index contributed by atoms with van der Waals surface area (Å²) in [7, 11) is 0. The van der Waals surface area contributed by atoms with E-state index in [2.05, 4.69) is 16.0 Å². The Kier molecular flexibility index (Phi) is 8.81. The van der Waals surface area contributed by atoms with Gasteiger partial charge >= 0.3 is 12.0 Å². The van der Waals surface area contributed by atoms with Crippen molar-refractivity contribution in [2.24, 2.45) is 0 Å². The van der Waals surface area contributed by atoms with Gasteiger partial charge in [-0.15, -0.1) is 0 Å². The van der Waals surface area contributed by atoms with Crippen LogP contribution in [0.1, 0.15) is 13.3 Å². The van der Waals surface area contributed by atoms with Gasteiger partial charge in [-0.3, -0.25) is 4.79 Å². The van der Waals surface area contributed by atoms with Crippen LogP contribution in [-0.4, -0.2) is 54.2 Å². The van der Waals surface area contributed by atoms with Crippen LogP contribution in [0.25, 0.3) is 0 Å². The number of carbonyl (C=O) groups is 3. The van der Waals surface area contributed by atoms with Crippen LogP contribution in [0.4, 0.5) is 4.79 Å². The monoisotopic (exact) mass is 277 g/mol. The fourth-order valence-corrected chi connectivity index (χ4v) is 1.59. The highest BCUT2D eigenvalue weighted by atomic mass is 32.2. The summed E-state index contributed by atoms with van der Waals surface area (Å²) in [4.78, 5) is 33.3. The quantitative estimate of drug-likeness (QED) is 0.484. The molecule has 0 aromatic carbocycles. The maximum absolute atomic E-state index is 11.4. The Morgan fingerprint density at radius 3 is 2.44 bits per heavy atom. The van der Waals surface area contributed by atoms with Gasteiger partial charge in [0.2, 0.25) is 5.91 Å². The Hall–Kier alpha value is -1.44. The van der Waals surface area contributed by atoms with Crippen molar-refractivity contribution in [3.05, 3.63) is 0 Å². The number of rotatable bonds is 8. The number of thioether (sulfide) groups is 1. The highest BCUT2D eigenvalue weighted by molar-refractivity contribution is 7.98. The molecule has 7 nitrogen and oxygen atoms in total. The van der Waals surface area contributed by atoms with Crippen molar-refractivity contribution >= 4 is 29.7 Å². The first-order valence-electron chi connectivity index (χ1n) is 5.54. The zero-order valence-corrected chi connectivity index (χ0v) is 11.3. The lowest BCUT2D eigenvalue weighted by molar-refractivity contribution is -0.139. The molecular formula is C10H19N3O4S. The minimum absolute atomic E-state index is 0.172. The molecule has 0 bridgehead atoms. The van der Waals surface area contributed by atoms with Crippen molar-refractivity contribution in [1.82, 2.24) is 16.0 Å². The van der Waals surface area contributed by atoms with Gasteiger partial charge in [-0.05, 0) is 25.4 Å². The molecule has 0 heterocycles. The van der Waals surface area contributed by atoms with Crippen molar-refractivity contribution in [2.45, 2.75) is 19.4 Å². The van der Waals surface area contributed by atoms with Gasteiger partial charge in [0.05, 0.1) is 6.54 Å². The van der Waals surface area contributed by atoms with Gasteiger partial charge in [0, 0.05) is 6.54 Å². The third kappa shape index (κ3) is 7.77. The molecule has 0 rings (SSSR count). The molecule has 0 saturated heterocycles. The van der Waals surface area contributed by atoms with E-state index in [1.165, 1.54) is 11.8 Å². The molecule has 4 N–H and O–H groups in total. The minimum atomic E-state index is -1.09. The van der Waals surface area contributed by atoms with Crippen LogP contribution in [0, 0.1) is 0 Å². The lowest BCUT2D eigenvalue weighted by Gasteiger charge is -2.14. The third-order valence-corrected chi connectivity index (χ3v) is 2.64. The molecule has 0 spiro atoms. The highest BCUT2D eigenvalue weighted by Gasteiger charge is 2.19. The summed E-state index contributed by atoms with van der Waals surface area (Å²) in [6, 6.07) is -1.60. The number of carboxylic acids is 1. The van der Waals surface area contributed by atoms with Gasteiger partial charge in [-0.25, -0.2) is 9.59 Å². The molecule has 18 heavy (non-hydrogen) atoms. The Morgan fingerprint density at radius 1 is 1.28 bits per heavy atom. The highest BCUT2D eigenvalue weighted by Crippen LogP contribution is 2.00. The molecular weight excluding hydrogens is 258 g/mol. The number of nitrogens with one attached hydrogen (secondary N) is 3. The van der Waals surface area contributed by atoms with E-state index in [4.69, 9.17) is 5.11 Å². The van der Waals surface area contributed by atoms with Gasteiger partial charge in [-0.1, -0.05) is 0 Å². The van der Waals surface area contributed by atoms with Crippen LogP contribution in [0.3, 0.4) is 0 Å². The molecule has 0 radical (unpaired) electrons. The van der Waals surface area contributed by atoms with E-state index in [1.54, 1.807) is 6.92 Å². The summed E-state index contributed by atoms with van der Waals surface area (Å²) in [6.07, 6.45) is 2.19. The number of urea groups is 1. The second-order valence-corrected chi connectivity index (χ2v) is 4.44. The van der Waals surface area contributed by atoms with Crippen molar-refractivity contribution in [3.63, 3.8) is 0 Å². The number of aliphatic carboxylic acids is 1. The normalized spacial score (nSPS) is 11.4. The minimum Gasteiger partial charge on any atom is -0.480 e. The van der Waals surface area contributed by atoms with Crippen molar-refractivity contribution in [2.75, 3.05) is 25.1 Å². The SMILES string of the molecule is CCNC(=O)CNC(=O)NC(CCSC)C(=O)O. The molecule has 0 aromatic rings. The number of likely N-dealkylation sites (N-methyl/N-ethyl adjacent to an activating group) is 1. The molecule has 1 atom stereocenters. The predicted octanol–water partition coefficient (Wildman–Crippen LogP) is -0.372. The van der Waals surface area contributed by atoms with Crippen LogP contribution in [0.15, 0.2) is 0 Å². The van der Waals surface area contributed by atoms with Gasteiger partial charge in [0.25, 0.3) is 0 Å². The summed E-state index contributed by atoms with van der Waals surface area (Å²) in [6.45, 7) is 2.07. The van der Waals surface area contributed by atoms with Gasteiger partial charge in [0.15, 0.2) is 0 Å². The average Bonchev–Trinajstić information content (AvgIpc) is 2.32. The van der Waals surface area contributed by atoms with Gasteiger partial charge < -0.3 is 21.1 Å². The van der Waals surface area contributed by atoms with E-state index in [1.807, 2.05) is 6.26 Å². The first-order chi connectivity index (χ1) is 8.51. The largest absolute Gasteiger partial charge is 0.480 e. The second kappa shape index (κ2) is 9.58. The molecule has 0 aliphatic carbocycles. The van der Waals surface area contributed by atoms with E-state index < -0.39 is 18.0 Å². The Balaban J connectivity index is 4.02. The third-order valence-electron chi connectivity index (χ3n) is 2.00. The van der Waals surface area contributed by atoms with Gasteiger partial charge in [-0.2, -0.15) is 11.8 Å². The molecule has 0 aliphatic heterocycles. The Labute approximate surface area is 110 Å². The number of carbonyl (C=O) groups excluding carboxylic acids is 2. The molecule has 104 valence electrons. The molecule has 3 amide bonds. The molecule has 0 fully saturated rings. The standard InChI is InChI=1S/C10H19N3O4S/c1-3-11-8(14)6-12-10(17)13-7(9(15)16)4-5-18-2/h7H,3-6H2,1-2H3,(H,11,14)(H,15,16)(H2,12,13,17). The summed E-state index contributed by atoms with van der Waals surface area (Å²) in [5, 5.41) is 16.0. The number of hydrogen-bond donors (Lipinski definition) is 4. The zero-order valence-electron chi connectivity index (χ0n) is 10.5. The fourth-order valence-electron chi connectivity index (χ4n) is 1.12. The van der Waals surface area contributed by atoms with Crippen molar-refractivity contribution in [3.8, 4) is 0 Å². The van der Waals surface area contributed by atoms with Crippen LogP contribution >= 0.6 is 11.8 Å². The molecule has 0 aliphatic rings. The average molecular weight is 277 g/mol. The Bertz CT molecular complexity index is 299. The van der Waals surface area contributed by atoms with Crippen LogP contribution in [0.5, 0.6) is 0 Å². The molecule has 1 unspecified atom stereocenters. The van der Waals surface area contributed by atoms with Crippen LogP contribution in [0.2, 0.25) is 0 Å². The zero-order chi connectivity index (χ0) is 14.0. The molecule has 0 aromatic heterocycles. The summed E-state index contributed by atoms with van der Waals surface area (Å²) < 4.78 is 0. The van der Waals surface area contributed by atoms with E-state index >= 15 is 0 Å². The van der Waals surface area contributed by atoms with Crippen LogP contribution < -0.4 is 16.0 Å². The maximum Gasteiger partial charge on any atom is 0.326 e. The summed E-state index contributed by atoms with van der Waals surface area (Å²) in [5.41, 5.74) is 0. The molecule has 0 saturated carbocycles.